The fraction of sp³-hybridized carbons (Fsp3) is 0.214. The van der Waals surface area contributed by atoms with Crippen LogP contribution < -0.4 is 0 Å². The lowest BCUT2D eigenvalue weighted by Gasteiger charge is -2.33. The number of thiophene rings is 2. The Balaban J connectivity index is 1.27. The van der Waals surface area contributed by atoms with Crippen LogP contribution in [0.25, 0.3) is 95.3 Å². The molecular weight excluding hydrogens is 793 g/mol. The van der Waals surface area contributed by atoms with Crippen LogP contribution in [-0.4, -0.2) is 9.13 Å². The normalized spacial score (nSPS) is 15.6. The van der Waals surface area contributed by atoms with E-state index in [4.69, 9.17) is 0 Å². The molecule has 2 aliphatic carbocycles. The Morgan fingerprint density at radius 2 is 0.790 bits per heavy atom. The zero-order valence-electron chi connectivity index (χ0n) is 34.4. The molecule has 4 aromatic heterocycles. The molecule has 0 bridgehead atoms. The molecule has 298 valence electrons. The van der Waals surface area contributed by atoms with Gasteiger partial charge in [-0.05, 0) is 91.6 Å². The van der Waals surface area contributed by atoms with E-state index in [1.54, 1.807) is 0 Å². The van der Waals surface area contributed by atoms with Crippen LogP contribution in [0, 0.1) is 22.7 Å². The molecule has 0 N–H and O–H groups in total. The first-order valence-electron chi connectivity index (χ1n) is 22.4. The second-order valence-electron chi connectivity index (χ2n) is 17.7. The first-order valence-corrected chi connectivity index (χ1v) is 24.1. The maximum atomic E-state index is 11.9. The first kappa shape index (κ1) is 36.2. The lowest BCUT2D eigenvalue weighted by Crippen LogP contribution is -2.20. The summed E-state index contributed by atoms with van der Waals surface area (Å²) in [7, 11) is 0. The molecule has 6 heteroatoms. The Bertz CT molecular complexity index is 3530. The van der Waals surface area contributed by atoms with Gasteiger partial charge in [0.15, 0.2) is 0 Å². The number of aromatic nitrogens is 2. The molecule has 62 heavy (non-hydrogen) atoms. The maximum Gasteiger partial charge on any atom is 0.102 e. The van der Waals surface area contributed by atoms with E-state index in [0.29, 0.717) is 11.1 Å². The highest BCUT2D eigenvalue weighted by Crippen LogP contribution is 2.53. The fourth-order valence-electron chi connectivity index (χ4n) is 12.1. The number of hydrogen-bond donors (Lipinski definition) is 0. The fourth-order valence-corrected chi connectivity index (χ4v) is 14.3. The molecule has 0 radical (unpaired) electrons. The van der Waals surface area contributed by atoms with Crippen LogP contribution in [0.3, 0.4) is 0 Å². The van der Waals surface area contributed by atoms with Gasteiger partial charge in [-0.25, -0.2) is 0 Å². The van der Waals surface area contributed by atoms with Crippen LogP contribution in [0.2, 0.25) is 0 Å². The van der Waals surface area contributed by atoms with Crippen molar-refractivity contribution in [1.29, 1.82) is 10.5 Å². The number of fused-ring (bicyclic) bond motifs is 14. The predicted molar refractivity (Wildman–Crippen MR) is 262 cm³/mol. The molecule has 7 aromatic carbocycles. The number of benzene rings is 7. The van der Waals surface area contributed by atoms with Gasteiger partial charge < -0.3 is 9.13 Å². The third kappa shape index (κ3) is 5.03. The van der Waals surface area contributed by atoms with Gasteiger partial charge in [0.2, 0.25) is 0 Å². The lowest BCUT2D eigenvalue weighted by molar-refractivity contribution is 0.437. The Morgan fingerprint density at radius 1 is 0.387 bits per heavy atom. The van der Waals surface area contributed by atoms with E-state index in [0.717, 1.165) is 95.9 Å². The van der Waals surface area contributed by atoms with Crippen molar-refractivity contribution in [3.8, 4) is 23.5 Å². The molecule has 0 unspecified atom stereocenters. The highest BCUT2D eigenvalue weighted by Gasteiger charge is 2.36. The predicted octanol–water partition coefficient (Wildman–Crippen LogP) is 16.5. The summed E-state index contributed by atoms with van der Waals surface area (Å²) >= 11 is 3.71. The van der Waals surface area contributed by atoms with Crippen LogP contribution in [0.15, 0.2) is 121 Å². The summed E-state index contributed by atoms with van der Waals surface area (Å²) in [6.45, 7) is 0. The second-order valence-corrected chi connectivity index (χ2v) is 19.9. The molecule has 2 fully saturated rings. The summed E-state index contributed by atoms with van der Waals surface area (Å²) in [5.41, 5.74) is 9.96. The Hall–Kier alpha value is -6.44. The van der Waals surface area contributed by atoms with Gasteiger partial charge in [0.1, 0.15) is 12.1 Å². The number of nitriles is 2. The van der Waals surface area contributed by atoms with Crippen molar-refractivity contribution in [2.45, 2.75) is 76.0 Å². The van der Waals surface area contributed by atoms with Gasteiger partial charge in [-0.15, -0.1) is 22.7 Å². The van der Waals surface area contributed by atoms with E-state index in [2.05, 4.69) is 143 Å². The standard InChI is InChI=1S/C56H42N4S2/c57-31-39-49(33-15-3-1-4-16-33)40(32-58)56(60-42-24-12-8-20-36(42)52-44(60)28-30-48-54(52)38-22-10-14-26-46(38)62-48)50(34-17-5-2-6-18-34)55(39)59-41-23-11-7-19-35(41)51-43(59)27-29-47-53(51)37-21-9-13-25-45(37)61-47/h7-14,19-30,33-34H,1-6,15-18H2. The monoisotopic (exact) mass is 834 g/mol. The zero-order chi connectivity index (χ0) is 41.1. The lowest BCUT2D eigenvalue weighted by atomic mass is 9.74. The topological polar surface area (TPSA) is 57.4 Å². The van der Waals surface area contributed by atoms with Crippen molar-refractivity contribution in [3.05, 3.63) is 144 Å². The molecule has 2 saturated carbocycles. The minimum absolute atomic E-state index is 0.118. The van der Waals surface area contributed by atoms with Gasteiger partial charge in [-0.1, -0.05) is 111 Å². The molecule has 11 aromatic rings. The average molecular weight is 835 g/mol. The molecular formula is C56H42N4S2. The Morgan fingerprint density at radius 3 is 1.24 bits per heavy atom. The summed E-state index contributed by atoms with van der Waals surface area (Å²) in [6.07, 6.45) is 10.9. The molecule has 4 nitrogen and oxygen atoms in total. The molecule has 0 spiro atoms. The number of rotatable bonds is 4. The highest BCUT2D eigenvalue weighted by molar-refractivity contribution is 7.26. The van der Waals surface area contributed by atoms with Crippen molar-refractivity contribution in [2.24, 2.45) is 0 Å². The van der Waals surface area contributed by atoms with Crippen molar-refractivity contribution in [3.63, 3.8) is 0 Å². The molecule has 4 heterocycles. The third-order valence-corrected chi connectivity index (χ3v) is 16.8. The van der Waals surface area contributed by atoms with Gasteiger partial charge >= 0.3 is 0 Å². The van der Waals surface area contributed by atoms with Crippen LogP contribution in [0.5, 0.6) is 0 Å². The smallest absolute Gasteiger partial charge is 0.102 e. The van der Waals surface area contributed by atoms with E-state index in [-0.39, 0.29) is 11.8 Å². The van der Waals surface area contributed by atoms with Crippen LogP contribution in [-0.2, 0) is 0 Å². The largest absolute Gasteiger partial charge is 0.308 e. The van der Waals surface area contributed by atoms with Gasteiger partial charge in [0.25, 0.3) is 0 Å². The molecule has 0 aliphatic heterocycles. The summed E-state index contributed by atoms with van der Waals surface area (Å²) in [6, 6.07) is 50.4. The SMILES string of the molecule is N#Cc1c(C2CCCCC2)c(C#N)c(-n2c3ccccc3c3c4c(ccc32)sc2ccccc24)c(C2CCCCC2)c1-n1c2ccccc2c2c3c(ccc21)sc1ccccc13. The van der Waals surface area contributed by atoms with Crippen molar-refractivity contribution in [1.82, 2.24) is 9.13 Å². The Kier molecular flexibility index (Phi) is 8.21. The van der Waals surface area contributed by atoms with E-state index in [9.17, 15) is 10.5 Å². The van der Waals surface area contributed by atoms with Gasteiger partial charge in [-0.3, -0.25) is 0 Å². The van der Waals surface area contributed by atoms with E-state index >= 15 is 0 Å². The van der Waals surface area contributed by atoms with E-state index in [1.165, 1.54) is 74.7 Å². The molecule has 13 rings (SSSR count). The minimum Gasteiger partial charge on any atom is -0.308 e. The number of para-hydroxylation sites is 2. The van der Waals surface area contributed by atoms with E-state index in [1.807, 2.05) is 22.7 Å². The van der Waals surface area contributed by atoms with Crippen molar-refractivity contribution < 1.29 is 0 Å². The number of nitrogens with zero attached hydrogens (tertiary/aromatic N) is 4. The number of hydrogen-bond acceptors (Lipinski definition) is 4. The van der Waals surface area contributed by atoms with Crippen LogP contribution in [0.1, 0.15) is 98.3 Å². The zero-order valence-corrected chi connectivity index (χ0v) is 36.0. The molecule has 2 aliphatic rings. The second kappa shape index (κ2) is 14.0. The third-order valence-electron chi connectivity index (χ3n) is 14.6. The molecule has 0 saturated heterocycles. The summed E-state index contributed by atoms with van der Waals surface area (Å²) in [5.74, 6) is 0.282. The Labute approximate surface area is 367 Å². The average Bonchev–Trinajstić information content (AvgIpc) is 4.08. The quantitative estimate of drug-likeness (QED) is 0.177. The van der Waals surface area contributed by atoms with Crippen molar-refractivity contribution >= 4 is 107 Å². The summed E-state index contributed by atoms with van der Waals surface area (Å²) in [5, 5.41) is 33.7. The first-order chi connectivity index (χ1) is 30.7. The van der Waals surface area contributed by atoms with E-state index < -0.39 is 0 Å². The maximum absolute atomic E-state index is 11.9. The summed E-state index contributed by atoms with van der Waals surface area (Å²) < 4.78 is 10.1. The summed E-state index contributed by atoms with van der Waals surface area (Å²) in [4.78, 5) is 0. The van der Waals surface area contributed by atoms with Crippen LogP contribution in [0.4, 0.5) is 0 Å². The minimum atomic E-state index is 0.118. The molecule has 0 amide bonds. The van der Waals surface area contributed by atoms with Gasteiger partial charge in [0.05, 0.1) is 44.6 Å². The van der Waals surface area contributed by atoms with Crippen LogP contribution >= 0.6 is 22.7 Å². The van der Waals surface area contributed by atoms with Crippen molar-refractivity contribution in [2.75, 3.05) is 0 Å². The highest BCUT2D eigenvalue weighted by atomic mass is 32.1. The van der Waals surface area contributed by atoms with Gasteiger partial charge in [0, 0.05) is 67.5 Å². The molecule has 0 atom stereocenters. The van der Waals surface area contributed by atoms with Gasteiger partial charge in [-0.2, -0.15) is 10.5 Å².